The van der Waals surface area contributed by atoms with E-state index in [1.165, 1.54) is 25.7 Å². The van der Waals surface area contributed by atoms with Gasteiger partial charge in [-0.05, 0) is 73.0 Å². The third-order valence-corrected chi connectivity index (χ3v) is 8.20. The van der Waals surface area contributed by atoms with Crippen molar-refractivity contribution in [3.63, 3.8) is 0 Å². The average molecular weight is 306 g/mol. The highest BCUT2D eigenvalue weighted by Gasteiger charge is 2.61. The Kier molecular flexibility index (Phi) is 3.30. The largest absolute Gasteiger partial charge is 0.393 e. The summed E-state index contributed by atoms with van der Waals surface area (Å²) in [6.07, 6.45) is 7.16. The summed E-state index contributed by atoms with van der Waals surface area (Å²) in [5, 5.41) is 21.0. The minimum absolute atomic E-state index is 0.00589. The van der Waals surface area contributed by atoms with Crippen molar-refractivity contribution in [1.82, 2.24) is 0 Å². The Morgan fingerprint density at radius 1 is 1.14 bits per heavy atom. The van der Waals surface area contributed by atoms with Gasteiger partial charge in [-0.3, -0.25) is 4.79 Å². The van der Waals surface area contributed by atoms with Gasteiger partial charge in [0.15, 0.2) is 5.78 Å². The van der Waals surface area contributed by atoms with Crippen LogP contribution in [-0.4, -0.2) is 28.2 Å². The van der Waals surface area contributed by atoms with Crippen molar-refractivity contribution in [1.29, 1.82) is 0 Å². The molecule has 0 saturated heterocycles. The van der Waals surface area contributed by atoms with Gasteiger partial charge in [-0.15, -0.1) is 0 Å². The zero-order chi connectivity index (χ0) is 15.7. The number of rotatable bonds is 0. The molecule has 4 aliphatic rings. The minimum Gasteiger partial charge on any atom is -0.393 e. The molecule has 0 radical (unpaired) electrons. The van der Waals surface area contributed by atoms with Gasteiger partial charge in [-0.25, -0.2) is 0 Å². The maximum Gasteiger partial charge on any atom is 0.161 e. The summed E-state index contributed by atoms with van der Waals surface area (Å²) >= 11 is 0. The van der Waals surface area contributed by atoms with Crippen molar-refractivity contribution in [2.24, 2.45) is 34.5 Å². The Bertz CT molecular complexity index is 489. The molecule has 4 aliphatic carbocycles. The fourth-order valence-corrected chi connectivity index (χ4v) is 7.23. The van der Waals surface area contributed by atoms with Crippen LogP contribution in [0.4, 0.5) is 0 Å². The maximum absolute atomic E-state index is 12.2. The number of carbonyl (C=O) groups excluding carboxylic acids is 1. The number of fused-ring (bicyclic) bond motifs is 5. The van der Waals surface area contributed by atoms with Gasteiger partial charge in [-0.2, -0.15) is 0 Å². The standard InChI is InChI=1S/C19H30O3/c1-18-7-3-4-13(18)12-6-5-11-8-14(20)15(21)10-19(11,2)17(12)16(22)9-18/h11-14,16-17,20,22H,3-10H2,1-2H3/t11?,12-,13-,14?,16-,17+,18-,19-/m0/s1. The van der Waals surface area contributed by atoms with Gasteiger partial charge in [-0.1, -0.05) is 20.3 Å². The van der Waals surface area contributed by atoms with E-state index in [0.717, 1.165) is 18.8 Å². The SMILES string of the molecule is C[C@@]12CCC[C@H]1[C@@H]1CCC3CC(O)C(=O)C[C@]3(C)[C@H]1[C@@H](O)C2. The van der Waals surface area contributed by atoms with Crippen LogP contribution in [0.3, 0.4) is 0 Å². The van der Waals surface area contributed by atoms with Crippen molar-refractivity contribution in [3.8, 4) is 0 Å². The first kappa shape index (κ1) is 15.1. The van der Waals surface area contributed by atoms with E-state index in [4.69, 9.17) is 0 Å². The minimum atomic E-state index is -0.757. The molecule has 0 spiro atoms. The third kappa shape index (κ3) is 1.91. The molecule has 3 heteroatoms. The van der Waals surface area contributed by atoms with Crippen LogP contribution in [0.5, 0.6) is 0 Å². The van der Waals surface area contributed by atoms with Crippen molar-refractivity contribution in [3.05, 3.63) is 0 Å². The van der Waals surface area contributed by atoms with E-state index >= 15 is 0 Å². The molecule has 0 aromatic heterocycles. The number of aliphatic hydroxyl groups excluding tert-OH is 2. The molecule has 4 saturated carbocycles. The number of Topliss-reactive ketones (excluding diaryl/α,β-unsaturated/α-hetero) is 1. The van der Waals surface area contributed by atoms with Crippen LogP contribution in [0.15, 0.2) is 0 Å². The van der Waals surface area contributed by atoms with Crippen LogP contribution in [0.2, 0.25) is 0 Å². The quantitative estimate of drug-likeness (QED) is 0.723. The summed E-state index contributed by atoms with van der Waals surface area (Å²) in [5.74, 6) is 1.99. The van der Waals surface area contributed by atoms with E-state index in [0.29, 0.717) is 30.1 Å². The fraction of sp³-hybridized carbons (Fsp3) is 0.947. The first-order valence-electron chi connectivity index (χ1n) is 9.24. The van der Waals surface area contributed by atoms with Crippen LogP contribution in [0, 0.1) is 34.5 Å². The molecule has 0 aromatic rings. The summed E-state index contributed by atoms with van der Waals surface area (Å²) in [4.78, 5) is 12.2. The lowest BCUT2D eigenvalue weighted by molar-refractivity contribution is -0.177. The van der Waals surface area contributed by atoms with Crippen LogP contribution in [0.25, 0.3) is 0 Å². The van der Waals surface area contributed by atoms with Gasteiger partial charge in [0.2, 0.25) is 0 Å². The molecule has 0 heterocycles. The van der Waals surface area contributed by atoms with Gasteiger partial charge in [0, 0.05) is 6.42 Å². The highest BCUT2D eigenvalue weighted by Crippen LogP contribution is 2.65. The molecule has 4 rings (SSSR count). The molecule has 4 fully saturated rings. The molecule has 0 aliphatic heterocycles. The first-order chi connectivity index (χ1) is 10.3. The van der Waals surface area contributed by atoms with Gasteiger partial charge in [0.25, 0.3) is 0 Å². The second-order valence-corrected chi connectivity index (χ2v) is 9.29. The third-order valence-electron chi connectivity index (χ3n) is 8.20. The zero-order valence-corrected chi connectivity index (χ0v) is 13.9. The van der Waals surface area contributed by atoms with Gasteiger partial charge >= 0.3 is 0 Å². The van der Waals surface area contributed by atoms with Crippen LogP contribution in [0.1, 0.15) is 65.2 Å². The molecule has 8 atom stereocenters. The number of hydrogen-bond acceptors (Lipinski definition) is 3. The monoisotopic (exact) mass is 306 g/mol. The smallest absolute Gasteiger partial charge is 0.161 e. The van der Waals surface area contributed by atoms with Crippen LogP contribution < -0.4 is 0 Å². The fourth-order valence-electron chi connectivity index (χ4n) is 7.23. The molecule has 2 unspecified atom stereocenters. The highest BCUT2D eigenvalue weighted by molar-refractivity contribution is 5.84. The molecular formula is C19H30O3. The second-order valence-electron chi connectivity index (χ2n) is 9.29. The van der Waals surface area contributed by atoms with Crippen molar-refractivity contribution in [2.75, 3.05) is 0 Å². The van der Waals surface area contributed by atoms with Gasteiger partial charge in [0.05, 0.1) is 6.10 Å². The Labute approximate surface area is 133 Å². The second kappa shape index (κ2) is 4.80. The lowest BCUT2D eigenvalue weighted by atomic mass is 9.44. The molecular weight excluding hydrogens is 276 g/mol. The van der Waals surface area contributed by atoms with E-state index in [1.54, 1.807) is 0 Å². The molecule has 2 N–H and O–H groups in total. The number of hydrogen-bond donors (Lipinski definition) is 2. The Morgan fingerprint density at radius 2 is 1.91 bits per heavy atom. The van der Waals surface area contributed by atoms with Gasteiger partial charge in [0.1, 0.15) is 6.10 Å². The van der Waals surface area contributed by atoms with E-state index in [9.17, 15) is 15.0 Å². The summed E-state index contributed by atoms with van der Waals surface area (Å²) in [6.45, 7) is 4.62. The molecule has 3 nitrogen and oxygen atoms in total. The van der Waals surface area contributed by atoms with E-state index in [1.807, 2.05) is 0 Å². The van der Waals surface area contributed by atoms with Crippen molar-refractivity contribution in [2.45, 2.75) is 77.4 Å². The summed E-state index contributed by atoms with van der Waals surface area (Å²) < 4.78 is 0. The zero-order valence-electron chi connectivity index (χ0n) is 13.9. The Balaban J connectivity index is 1.70. The Hall–Kier alpha value is -0.410. The van der Waals surface area contributed by atoms with E-state index in [-0.39, 0.29) is 23.2 Å². The number of ketones is 1. The van der Waals surface area contributed by atoms with Gasteiger partial charge < -0.3 is 10.2 Å². The molecule has 124 valence electrons. The maximum atomic E-state index is 12.2. The normalized spacial score (nSPS) is 57.9. The molecule has 0 aromatic carbocycles. The first-order valence-corrected chi connectivity index (χ1v) is 9.24. The topological polar surface area (TPSA) is 57.5 Å². The van der Waals surface area contributed by atoms with Crippen LogP contribution >= 0.6 is 0 Å². The van der Waals surface area contributed by atoms with E-state index in [2.05, 4.69) is 13.8 Å². The molecule has 0 bridgehead atoms. The van der Waals surface area contributed by atoms with Crippen molar-refractivity contribution < 1.29 is 15.0 Å². The summed E-state index contributed by atoms with van der Waals surface area (Å²) in [7, 11) is 0. The lowest BCUT2D eigenvalue weighted by Crippen LogP contribution is -2.59. The predicted octanol–water partition coefficient (Wildman–Crippen LogP) is 2.93. The molecule has 0 amide bonds. The number of carbonyl (C=O) groups is 1. The van der Waals surface area contributed by atoms with Crippen LogP contribution in [-0.2, 0) is 4.79 Å². The summed E-state index contributed by atoms with van der Waals surface area (Å²) in [6, 6.07) is 0. The molecule has 22 heavy (non-hydrogen) atoms. The lowest BCUT2D eigenvalue weighted by Gasteiger charge is -2.61. The highest BCUT2D eigenvalue weighted by atomic mass is 16.3. The predicted molar refractivity (Wildman–Crippen MR) is 84.1 cm³/mol. The average Bonchev–Trinajstić information content (AvgIpc) is 2.81. The summed E-state index contributed by atoms with van der Waals surface area (Å²) in [5.41, 5.74) is 0.227. The van der Waals surface area contributed by atoms with Crippen molar-refractivity contribution >= 4 is 5.78 Å². The Morgan fingerprint density at radius 3 is 2.68 bits per heavy atom. The van der Waals surface area contributed by atoms with E-state index < -0.39 is 6.10 Å². The number of aliphatic hydroxyl groups is 2.